The molecule has 1 aliphatic carbocycles. The Hall–Kier alpha value is -3.55. The van der Waals surface area contributed by atoms with Crippen LogP contribution in [-0.4, -0.2) is 30.9 Å². The summed E-state index contributed by atoms with van der Waals surface area (Å²) >= 11 is 0. The maximum atomic E-state index is 13.0. The first-order valence-corrected chi connectivity index (χ1v) is 9.68. The van der Waals surface area contributed by atoms with Crippen LogP contribution in [0.2, 0.25) is 0 Å². The van der Waals surface area contributed by atoms with Crippen LogP contribution in [0.1, 0.15) is 54.7 Å². The quantitative estimate of drug-likeness (QED) is 0.550. The van der Waals surface area contributed by atoms with Gasteiger partial charge in [0.2, 0.25) is 5.89 Å². The maximum absolute atomic E-state index is 13.0. The summed E-state index contributed by atoms with van der Waals surface area (Å²) in [7, 11) is 0. The Morgan fingerprint density at radius 1 is 1.21 bits per heavy atom. The van der Waals surface area contributed by atoms with E-state index in [1.54, 1.807) is 6.20 Å². The number of pyridine rings is 1. The van der Waals surface area contributed by atoms with Crippen LogP contribution in [-0.2, 0) is 0 Å². The predicted octanol–water partition coefficient (Wildman–Crippen LogP) is 4.19. The van der Waals surface area contributed by atoms with Crippen molar-refractivity contribution >= 4 is 23.0 Å². The molecule has 4 aromatic rings. The molecule has 3 aromatic heterocycles. The van der Waals surface area contributed by atoms with Crippen LogP contribution < -0.4 is 5.32 Å². The van der Waals surface area contributed by atoms with Crippen LogP contribution in [0.25, 0.3) is 22.5 Å². The number of benzene rings is 1. The summed E-state index contributed by atoms with van der Waals surface area (Å²) in [5.41, 5.74) is 2.97. The third-order valence-corrected chi connectivity index (χ3v) is 4.98. The molecule has 1 saturated carbocycles. The summed E-state index contributed by atoms with van der Waals surface area (Å²) in [6, 6.07) is 11.5. The van der Waals surface area contributed by atoms with E-state index in [0.29, 0.717) is 22.8 Å². The average Bonchev–Trinajstić information content (AvgIpc) is 3.32. The van der Waals surface area contributed by atoms with E-state index in [1.165, 1.54) is 0 Å². The van der Waals surface area contributed by atoms with E-state index in [2.05, 4.69) is 20.6 Å². The number of nitrogens with one attached hydrogen (secondary N) is 1. The number of rotatable bonds is 5. The number of carbonyl (C=O) groups excluding carboxylic acids is 1. The summed E-state index contributed by atoms with van der Waals surface area (Å²) in [5.74, 6) is 0.451. The topological polar surface area (TPSA) is 98.7 Å². The number of fused-ring (bicyclic) bond motifs is 1. The molecule has 29 heavy (non-hydrogen) atoms. The fraction of sp³-hybridized carbons (Fsp3) is 0.286. The van der Waals surface area contributed by atoms with Crippen molar-refractivity contribution in [3.05, 3.63) is 53.9 Å². The molecular weight excluding hydrogens is 368 g/mol. The van der Waals surface area contributed by atoms with Crippen molar-refractivity contribution in [1.82, 2.24) is 25.0 Å². The third kappa shape index (κ3) is 3.26. The van der Waals surface area contributed by atoms with Gasteiger partial charge in [-0.2, -0.15) is 5.10 Å². The van der Waals surface area contributed by atoms with Crippen molar-refractivity contribution in [2.75, 3.05) is 5.32 Å². The van der Waals surface area contributed by atoms with Gasteiger partial charge >= 0.3 is 6.01 Å². The number of hydrogen-bond donors (Lipinski definition) is 1. The van der Waals surface area contributed by atoms with E-state index < -0.39 is 0 Å². The van der Waals surface area contributed by atoms with E-state index in [9.17, 15) is 4.79 Å². The molecule has 0 saturated heterocycles. The minimum Gasteiger partial charge on any atom is -0.403 e. The molecule has 0 radical (unpaired) electrons. The van der Waals surface area contributed by atoms with E-state index in [-0.39, 0.29) is 18.0 Å². The van der Waals surface area contributed by atoms with E-state index >= 15 is 0 Å². The normalized spacial score (nSPS) is 13.9. The summed E-state index contributed by atoms with van der Waals surface area (Å²) in [6.45, 7) is 4.09. The SMILES string of the molecule is CC(C)n1ncc2c(C(=O)Nc3nnc(-c4ccccc4)o3)cc(C3CC3)nc21. The van der Waals surface area contributed by atoms with Crippen LogP contribution >= 0.6 is 0 Å². The van der Waals surface area contributed by atoms with Crippen LogP contribution in [0.15, 0.2) is 47.0 Å². The standard InChI is InChI=1S/C21H20N6O2/c1-12(2)27-18-16(11-22-27)15(10-17(23-18)13-8-9-13)19(28)24-21-26-25-20(29-21)14-6-4-3-5-7-14/h3-7,10-13H,8-9H2,1-2H3,(H,24,26,28). The van der Waals surface area contributed by atoms with Crippen molar-refractivity contribution in [2.24, 2.45) is 0 Å². The van der Waals surface area contributed by atoms with Gasteiger partial charge in [0.25, 0.3) is 5.91 Å². The molecule has 1 fully saturated rings. The van der Waals surface area contributed by atoms with Gasteiger partial charge in [-0.1, -0.05) is 23.3 Å². The van der Waals surface area contributed by atoms with E-state index in [0.717, 1.165) is 29.7 Å². The highest BCUT2D eigenvalue weighted by Gasteiger charge is 2.28. The molecule has 0 aliphatic heterocycles. The lowest BCUT2D eigenvalue weighted by Crippen LogP contribution is -2.14. The van der Waals surface area contributed by atoms with Crippen LogP contribution in [0.5, 0.6) is 0 Å². The largest absolute Gasteiger partial charge is 0.403 e. The number of nitrogens with zero attached hydrogens (tertiary/aromatic N) is 5. The second-order valence-corrected chi connectivity index (χ2v) is 7.52. The van der Waals surface area contributed by atoms with Gasteiger partial charge in [-0.15, -0.1) is 5.10 Å². The van der Waals surface area contributed by atoms with Crippen LogP contribution in [0, 0.1) is 0 Å². The Morgan fingerprint density at radius 2 is 2.00 bits per heavy atom. The number of anilines is 1. The minimum atomic E-state index is -0.314. The van der Waals surface area contributed by atoms with Gasteiger partial charge in [0.1, 0.15) is 0 Å². The number of hydrogen-bond acceptors (Lipinski definition) is 6. The van der Waals surface area contributed by atoms with Crippen molar-refractivity contribution in [3.8, 4) is 11.5 Å². The number of amides is 1. The predicted molar refractivity (Wildman–Crippen MR) is 108 cm³/mol. The number of carbonyl (C=O) groups is 1. The highest BCUT2D eigenvalue weighted by molar-refractivity contribution is 6.11. The molecule has 0 spiro atoms. The molecule has 1 amide bonds. The molecule has 8 heteroatoms. The van der Waals surface area contributed by atoms with E-state index in [4.69, 9.17) is 9.40 Å². The minimum absolute atomic E-state index is 0.0584. The zero-order valence-electron chi connectivity index (χ0n) is 16.2. The molecule has 1 aliphatic rings. The van der Waals surface area contributed by atoms with Gasteiger partial charge in [0, 0.05) is 23.2 Å². The van der Waals surface area contributed by atoms with E-state index in [1.807, 2.05) is 54.9 Å². The smallest absolute Gasteiger partial charge is 0.322 e. The molecule has 0 atom stereocenters. The highest BCUT2D eigenvalue weighted by Crippen LogP contribution is 2.40. The Bertz CT molecular complexity index is 1190. The first kappa shape index (κ1) is 17.5. The van der Waals surface area contributed by atoms with Crippen molar-refractivity contribution in [2.45, 2.75) is 38.6 Å². The molecular formula is C21H20N6O2. The first-order chi connectivity index (χ1) is 14.1. The lowest BCUT2D eigenvalue weighted by atomic mass is 10.1. The van der Waals surface area contributed by atoms with Gasteiger partial charge < -0.3 is 4.42 Å². The maximum Gasteiger partial charge on any atom is 0.322 e. The van der Waals surface area contributed by atoms with Gasteiger partial charge in [0.05, 0.1) is 17.1 Å². The van der Waals surface area contributed by atoms with Gasteiger partial charge in [-0.25, -0.2) is 9.67 Å². The summed E-state index contributed by atoms with van der Waals surface area (Å²) in [6.07, 6.45) is 3.89. The van der Waals surface area contributed by atoms with Gasteiger partial charge in [-0.3, -0.25) is 10.1 Å². The Morgan fingerprint density at radius 3 is 2.72 bits per heavy atom. The zero-order chi connectivity index (χ0) is 20.0. The first-order valence-electron chi connectivity index (χ1n) is 9.68. The van der Waals surface area contributed by atoms with Gasteiger partial charge in [-0.05, 0) is 44.9 Å². The van der Waals surface area contributed by atoms with Crippen molar-refractivity contribution < 1.29 is 9.21 Å². The molecule has 3 heterocycles. The van der Waals surface area contributed by atoms with Crippen molar-refractivity contribution in [3.63, 3.8) is 0 Å². The number of aromatic nitrogens is 5. The Balaban J connectivity index is 1.49. The molecule has 0 bridgehead atoms. The molecule has 8 nitrogen and oxygen atoms in total. The second kappa shape index (κ2) is 6.80. The monoisotopic (exact) mass is 388 g/mol. The van der Waals surface area contributed by atoms with Crippen LogP contribution in [0.3, 0.4) is 0 Å². The summed E-state index contributed by atoms with van der Waals surface area (Å²) < 4.78 is 7.46. The molecule has 5 rings (SSSR count). The fourth-order valence-electron chi connectivity index (χ4n) is 3.33. The second-order valence-electron chi connectivity index (χ2n) is 7.52. The fourth-order valence-corrected chi connectivity index (χ4v) is 3.33. The summed E-state index contributed by atoms with van der Waals surface area (Å²) in [5, 5.41) is 15.8. The lowest BCUT2D eigenvalue weighted by Gasteiger charge is -2.09. The molecule has 1 N–H and O–H groups in total. The van der Waals surface area contributed by atoms with Crippen LogP contribution in [0.4, 0.5) is 6.01 Å². The third-order valence-electron chi connectivity index (χ3n) is 4.98. The highest BCUT2D eigenvalue weighted by atomic mass is 16.4. The zero-order valence-corrected chi connectivity index (χ0v) is 16.2. The lowest BCUT2D eigenvalue weighted by molar-refractivity contribution is 0.102. The average molecular weight is 388 g/mol. The Kier molecular flexibility index (Phi) is 4.12. The van der Waals surface area contributed by atoms with Crippen molar-refractivity contribution in [1.29, 1.82) is 0 Å². The summed E-state index contributed by atoms with van der Waals surface area (Å²) in [4.78, 5) is 17.8. The molecule has 146 valence electrons. The Labute approximate surface area is 167 Å². The van der Waals surface area contributed by atoms with Gasteiger partial charge in [0.15, 0.2) is 5.65 Å². The molecule has 1 aromatic carbocycles. The molecule has 0 unspecified atom stereocenters.